The van der Waals surface area contributed by atoms with E-state index in [-0.39, 0.29) is 5.91 Å². The van der Waals surface area contributed by atoms with Gasteiger partial charge in [-0.15, -0.1) is 10.2 Å². The zero-order chi connectivity index (χ0) is 15.1. The summed E-state index contributed by atoms with van der Waals surface area (Å²) in [5.74, 6) is 1.40. The molecule has 0 radical (unpaired) electrons. The Morgan fingerprint density at radius 2 is 2.10 bits per heavy atom. The molecular formula is C14H17N3O2S2. The number of nitrogens with zero attached hydrogens (tertiary/aromatic N) is 2. The highest BCUT2D eigenvalue weighted by Crippen LogP contribution is 2.25. The van der Waals surface area contributed by atoms with Gasteiger partial charge in [-0.05, 0) is 24.3 Å². The number of nitrogens with one attached hydrogen (secondary N) is 1. The highest BCUT2D eigenvalue weighted by molar-refractivity contribution is 8.01. The van der Waals surface area contributed by atoms with E-state index >= 15 is 0 Å². The van der Waals surface area contributed by atoms with Gasteiger partial charge >= 0.3 is 0 Å². The molecule has 0 aliphatic heterocycles. The van der Waals surface area contributed by atoms with Gasteiger partial charge in [0.15, 0.2) is 10.4 Å². The topological polar surface area (TPSA) is 64.1 Å². The summed E-state index contributed by atoms with van der Waals surface area (Å²) in [7, 11) is 0. The summed E-state index contributed by atoms with van der Waals surface area (Å²) < 4.78 is 6.54. The standard InChI is InChI=1S/C14H17N3O2S2/c1-3-11(19-10-8-6-5-7-9-10)12(18)15-13-16-17-14(21-13)20-4-2/h5-9,11H,3-4H2,1-2H3,(H,15,16,18)/t11-/m0/s1. The molecule has 1 amide bonds. The van der Waals surface area contributed by atoms with Crippen molar-refractivity contribution in [3.8, 4) is 5.75 Å². The van der Waals surface area contributed by atoms with Crippen molar-refractivity contribution in [3.05, 3.63) is 30.3 Å². The van der Waals surface area contributed by atoms with Crippen LogP contribution < -0.4 is 10.1 Å². The third-order valence-electron chi connectivity index (χ3n) is 2.59. The maximum atomic E-state index is 12.2. The first-order valence-electron chi connectivity index (χ1n) is 6.71. The van der Waals surface area contributed by atoms with Crippen LogP contribution >= 0.6 is 23.1 Å². The van der Waals surface area contributed by atoms with Crippen molar-refractivity contribution in [3.63, 3.8) is 0 Å². The third kappa shape index (κ3) is 4.71. The fourth-order valence-corrected chi connectivity index (χ4v) is 3.27. The van der Waals surface area contributed by atoms with Crippen LogP contribution in [-0.4, -0.2) is 28.0 Å². The lowest BCUT2D eigenvalue weighted by atomic mass is 10.2. The van der Waals surface area contributed by atoms with E-state index < -0.39 is 6.10 Å². The van der Waals surface area contributed by atoms with Crippen LogP contribution in [0.2, 0.25) is 0 Å². The average Bonchev–Trinajstić information content (AvgIpc) is 2.93. The van der Waals surface area contributed by atoms with Crippen LogP contribution in [0.25, 0.3) is 0 Å². The number of ether oxygens (including phenoxy) is 1. The van der Waals surface area contributed by atoms with Crippen molar-refractivity contribution in [2.24, 2.45) is 0 Å². The Hall–Kier alpha value is -1.60. The van der Waals surface area contributed by atoms with Crippen LogP contribution in [0.15, 0.2) is 34.7 Å². The number of para-hydroxylation sites is 1. The van der Waals surface area contributed by atoms with E-state index in [2.05, 4.69) is 15.5 Å². The number of aromatic nitrogens is 2. The summed E-state index contributed by atoms with van der Waals surface area (Å²) in [4.78, 5) is 12.2. The Morgan fingerprint density at radius 3 is 2.76 bits per heavy atom. The molecule has 1 atom stereocenters. The summed E-state index contributed by atoms with van der Waals surface area (Å²) >= 11 is 2.98. The maximum absolute atomic E-state index is 12.2. The Labute approximate surface area is 132 Å². The Balaban J connectivity index is 1.96. The largest absolute Gasteiger partial charge is 0.481 e. The van der Waals surface area contributed by atoms with Crippen molar-refractivity contribution in [1.29, 1.82) is 0 Å². The highest BCUT2D eigenvalue weighted by Gasteiger charge is 2.20. The van der Waals surface area contributed by atoms with Gasteiger partial charge in [0, 0.05) is 0 Å². The molecule has 0 aliphatic carbocycles. The summed E-state index contributed by atoms with van der Waals surface area (Å²) in [5, 5.41) is 11.2. The molecule has 1 aromatic heterocycles. The quantitative estimate of drug-likeness (QED) is 0.624. The average molecular weight is 323 g/mol. The lowest BCUT2D eigenvalue weighted by Gasteiger charge is -2.16. The van der Waals surface area contributed by atoms with Crippen molar-refractivity contribution in [1.82, 2.24) is 10.2 Å². The molecule has 7 heteroatoms. The molecule has 0 saturated carbocycles. The van der Waals surface area contributed by atoms with Gasteiger partial charge in [-0.3, -0.25) is 10.1 Å². The summed E-state index contributed by atoms with van der Waals surface area (Å²) in [6.07, 6.45) is 0.0365. The Kier molecular flexibility index (Phi) is 6.01. The second-order valence-electron chi connectivity index (χ2n) is 4.12. The minimum atomic E-state index is -0.543. The van der Waals surface area contributed by atoms with Crippen LogP contribution in [0.5, 0.6) is 5.75 Å². The second kappa shape index (κ2) is 7.99. The van der Waals surface area contributed by atoms with Crippen molar-refractivity contribution >= 4 is 34.1 Å². The van der Waals surface area contributed by atoms with Gasteiger partial charge in [-0.1, -0.05) is 55.1 Å². The number of amides is 1. The van der Waals surface area contributed by atoms with Crippen molar-refractivity contribution in [2.45, 2.75) is 30.7 Å². The number of hydrogen-bond acceptors (Lipinski definition) is 6. The number of carbonyl (C=O) groups excluding carboxylic acids is 1. The lowest BCUT2D eigenvalue weighted by molar-refractivity contribution is -0.122. The monoisotopic (exact) mass is 323 g/mol. The molecular weight excluding hydrogens is 306 g/mol. The molecule has 1 heterocycles. The first-order valence-corrected chi connectivity index (χ1v) is 8.52. The number of anilines is 1. The maximum Gasteiger partial charge on any atom is 0.267 e. The molecule has 1 aromatic carbocycles. The minimum Gasteiger partial charge on any atom is -0.481 e. The third-order valence-corrected chi connectivity index (χ3v) is 4.44. The van der Waals surface area contributed by atoms with Crippen LogP contribution in [0.4, 0.5) is 5.13 Å². The van der Waals surface area contributed by atoms with Gasteiger partial charge in [0.1, 0.15) is 5.75 Å². The molecule has 21 heavy (non-hydrogen) atoms. The zero-order valence-electron chi connectivity index (χ0n) is 11.9. The minimum absolute atomic E-state index is 0.203. The van der Waals surface area contributed by atoms with Gasteiger partial charge in [0.25, 0.3) is 5.91 Å². The van der Waals surface area contributed by atoms with E-state index in [9.17, 15) is 4.79 Å². The SMILES string of the molecule is CCSc1nnc(NC(=O)[C@H](CC)Oc2ccccc2)s1. The summed E-state index contributed by atoms with van der Waals surface area (Å²) in [6, 6.07) is 9.31. The highest BCUT2D eigenvalue weighted by atomic mass is 32.2. The summed E-state index contributed by atoms with van der Waals surface area (Å²) in [5.41, 5.74) is 0. The van der Waals surface area contributed by atoms with Crippen LogP contribution in [-0.2, 0) is 4.79 Å². The van der Waals surface area contributed by atoms with E-state index in [1.165, 1.54) is 11.3 Å². The number of benzene rings is 1. The number of rotatable bonds is 7. The number of carbonyl (C=O) groups is 1. The molecule has 112 valence electrons. The van der Waals surface area contributed by atoms with E-state index in [0.717, 1.165) is 10.1 Å². The molecule has 5 nitrogen and oxygen atoms in total. The van der Waals surface area contributed by atoms with E-state index in [0.29, 0.717) is 17.3 Å². The fourth-order valence-electron chi connectivity index (χ4n) is 1.61. The first-order chi connectivity index (χ1) is 10.2. The van der Waals surface area contributed by atoms with Crippen LogP contribution in [0, 0.1) is 0 Å². The Bertz CT molecular complexity index is 575. The number of thioether (sulfide) groups is 1. The fraction of sp³-hybridized carbons (Fsp3) is 0.357. The molecule has 0 spiro atoms. The van der Waals surface area contributed by atoms with Gasteiger partial charge < -0.3 is 4.74 Å². The van der Waals surface area contributed by atoms with Gasteiger partial charge in [0.2, 0.25) is 5.13 Å². The van der Waals surface area contributed by atoms with E-state index in [1.54, 1.807) is 11.8 Å². The van der Waals surface area contributed by atoms with E-state index in [4.69, 9.17) is 4.74 Å². The molecule has 2 rings (SSSR count). The molecule has 0 bridgehead atoms. The predicted molar refractivity (Wildman–Crippen MR) is 86.1 cm³/mol. The zero-order valence-corrected chi connectivity index (χ0v) is 13.5. The molecule has 1 N–H and O–H groups in total. The smallest absolute Gasteiger partial charge is 0.267 e. The molecule has 0 unspecified atom stereocenters. The first kappa shape index (κ1) is 15.8. The van der Waals surface area contributed by atoms with Crippen molar-refractivity contribution in [2.75, 3.05) is 11.1 Å². The molecule has 0 saturated heterocycles. The normalized spacial score (nSPS) is 11.9. The lowest BCUT2D eigenvalue weighted by Crippen LogP contribution is -2.32. The van der Waals surface area contributed by atoms with Gasteiger partial charge in [-0.2, -0.15) is 0 Å². The van der Waals surface area contributed by atoms with E-state index in [1.807, 2.05) is 44.2 Å². The van der Waals surface area contributed by atoms with Crippen LogP contribution in [0.1, 0.15) is 20.3 Å². The molecule has 2 aromatic rings. The predicted octanol–water partition coefficient (Wildman–Crippen LogP) is 3.45. The number of hydrogen-bond donors (Lipinski definition) is 1. The molecule has 0 fully saturated rings. The van der Waals surface area contributed by atoms with Crippen LogP contribution in [0.3, 0.4) is 0 Å². The summed E-state index contributed by atoms with van der Waals surface area (Å²) in [6.45, 7) is 3.96. The second-order valence-corrected chi connectivity index (χ2v) is 6.61. The van der Waals surface area contributed by atoms with Gasteiger partial charge in [-0.25, -0.2) is 0 Å². The molecule has 0 aliphatic rings. The van der Waals surface area contributed by atoms with Crippen molar-refractivity contribution < 1.29 is 9.53 Å². The van der Waals surface area contributed by atoms with Gasteiger partial charge in [0.05, 0.1) is 0 Å². The Morgan fingerprint density at radius 1 is 1.33 bits per heavy atom.